The number of carbonyl (C=O) groups excluding carboxylic acids is 1. The van der Waals surface area contributed by atoms with Gasteiger partial charge in [-0.2, -0.15) is 0 Å². The summed E-state index contributed by atoms with van der Waals surface area (Å²) < 4.78 is 0. The Morgan fingerprint density at radius 2 is 1.74 bits per heavy atom. The molecule has 0 saturated heterocycles. The Labute approximate surface area is 140 Å². The molecule has 122 valence electrons. The predicted octanol–water partition coefficient (Wildman–Crippen LogP) is 4.66. The van der Waals surface area contributed by atoms with E-state index in [2.05, 4.69) is 20.8 Å². The second kappa shape index (κ2) is 6.16. The fourth-order valence-electron chi connectivity index (χ4n) is 2.38. The van der Waals surface area contributed by atoms with E-state index in [9.17, 15) is 14.7 Å². The molecule has 1 heterocycles. The molecule has 0 radical (unpaired) electrons. The fraction of sp³-hybridized carbons (Fsp3) is 0.333. The molecule has 0 aliphatic rings. The average molecular weight is 331 g/mol. The summed E-state index contributed by atoms with van der Waals surface area (Å²) in [6, 6.07) is 7.65. The Morgan fingerprint density at radius 3 is 2.17 bits per heavy atom. The van der Waals surface area contributed by atoms with E-state index in [0.29, 0.717) is 22.7 Å². The lowest BCUT2D eigenvalue weighted by Gasteiger charge is -2.21. The van der Waals surface area contributed by atoms with Crippen LogP contribution in [0.15, 0.2) is 24.3 Å². The Morgan fingerprint density at radius 1 is 1.17 bits per heavy atom. The van der Waals surface area contributed by atoms with Gasteiger partial charge in [-0.25, -0.2) is 4.79 Å². The van der Waals surface area contributed by atoms with Gasteiger partial charge >= 0.3 is 5.97 Å². The Hall–Kier alpha value is -2.14. The highest BCUT2D eigenvalue weighted by atomic mass is 32.1. The monoisotopic (exact) mass is 331 g/mol. The van der Waals surface area contributed by atoms with E-state index in [4.69, 9.17) is 0 Å². The zero-order valence-electron chi connectivity index (χ0n) is 14.0. The number of carboxylic acid groups (broad SMARTS) is 1. The lowest BCUT2D eigenvalue weighted by Crippen LogP contribution is -2.17. The van der Waals surface area contributed by atoms with E-state index in [0.717, 1.165) is 10.4 Å². The molecule has 0 atom stereocenters. The van der Waals surface area contributed by atoms with E-state index in [1.807, 2.05) is 31.2 Å². The van der Waals surface area contributed by atoms with E-state index in [-0.39, 0.29) is 11.0 Å². The first kappa shape index (κ1) is 17.2. The lowest BCUT2D eigenvalue weighted by atomic mass is 9.87. The SMILES string of the molecule is Cc1sc(N(C=O)c2ccc(C(C)(C)C)cc2)c(C(=O)O)c1C. The third-order valence-electron chi connectivity index (χ3n) is 3.92. The van der Waals surface area contributed by atoms with Gasteiger partial charge in [0.05, 0.1) is 5.56 Å². The minimum absolute atomic E-state index is 0.0207. The van der Waals surface area contributed by atoms with Crippen molar-refractivity contribution in [2.45, 2.75) is 40.0 Å². The summed E-state index contributed by atoms with van der Waals surface area (Å²) in [4.78, 5) is 25.5. The minimum Gasteiger partial charge on any atom is -0.478 e. The number of rotatable bonds is 4. The van der Waals surface area contributed by atoms with Crippen LogP contribution in [0.4, 0.5) is 10.7 Å². The highest BCUT2D eigenvalue weighted by molar-refractivity contribution is 7.17. The van der Waals surface area contributed by atoms with E-state index >= 15 is 0 Å². The molecule has 1 N–H and O–H groups in total. The fourth-order valence-corrected chi connectivity index (χ4v) is 3.51. The summed E-state index contributed by atoms with van der Waals surface area (Å²) >= 11 is 1.32. The summed E-state index contributed by atoms with van der Waals surface area (Å²) in [6.45, 7) is 9.99. The van der Waals surface area contributed by atoms with Crippen LogP contribution >= 0.6 is 11.3 Å². The first-order valence-electron chi connectivity index (χ1n) is 7.35. The van der Waals surface area contributed by atoms with Crippen LogP contribution in [-0.4, -0.2) is 17.5 Å². The second-order valence-corrected chi connectivity index (χ2v) is 7.74. The molecule has 5 heteroatoms. The molecular weight excluding hydrogens is 310 g/mol. The normalized spacial score (nSPS) is 11.3. The van der Waals surface area contributed by atoms with Crippen molar-refractivity contribution in [2.24, 2.45) is 0 Å². The number of aryl methyl sites for hydroxylation is 1. The van der Waals surface area contributed by atoms with Crippen molar-refractivity contribution in [1.82, 2.24) is 0 Å². The van der Waals surface area contributed by atoms with Crippen molar-refractivity contribution in [2.75, 3.05) is 4.90 Å². The molecule has 1 aromatic carbocycles. The van der Waals surface area contributed by atoms with Crippen LogP contribution in [0.5, 0.6) is 0 Å². The molecule has 2 rings (SSSR count). The van der Waals surface area contributed by atoms with Crippen LogP contribution in [-0.2, 0) is 10.2 Å². The number of hydrogen-bond acceptors (Lipinski definition) is 3. The third-order valence-corrected chi connectivity index (χ3v) is 5.12. The number of carboxylic acids is 1. The number of aromatic carboxylic acids is 1. The molecule has 2 aromatic rings. The van der Waals surface area contributed by atoms with Gasteiger partial charge in [-0.3, -0.25) is 9.69 Å². The van der Waals surface area contributed by atoms with Crippen LogP contribution in [0, 0.1) is 13.8 Å². The molecule has 4 nitrogen and oxygen atoms in total. The van der Waals surface area contributed by atoms with Gasteiger partial charge in [0.2, 0.25) is 6.41 Å². The topological polar surface area (TPSA) is 57.6 Å². The number of hydrogen-bond donors (Lipinski definition) is 1. The van der Waals surface area contributed by atoms with Gasteiger partial charge in [-0.05, 0) is 42.5 Å². The Kier molecular flexibility index (Phi) is 4.61. The zero-order valence-corrected chi connectivity index (χ0v) is 14.8. The van der Waals surface area contributed by atoms with Gasteiger partial charge in [-0.15, -0.1) is 11.3 Å². The molecule has 0 fully saturated rings. The molecule has 23 heavy (non-hydrogen) atoms. The first-order chi connectivity index (χ1) is 10.7. The average Bonchev–Trinajstić information content (AvgIpc) is 2.75. The van der Waals surface area contributed by atoms with Crippen LogP contribution in [0.2, 0.25) is 0 Å². The van der Waals surface area contributed by atoms with Gasteiger partial charge in [-0.1, -0.05) is 32.9 Å². The van der Waals surface area contributed by atoms with E-state index in [1.165, 1.54) is 16.2 Å². The molecule has 0 bridgehead atoms. The van der Waals surface area contributed by atoms with Crippen molar-refractivity contribution < 1.29 is 14.7 Å². The number of carbonyl (C=O) groups is 2. The molecule has 0 unspecified atom stereocenters. The van der Waals surface area contributed by atoms with E-state index in [1.54, 1.807) is 6.92 Å². The first-order valence-corrected chi connectivity index (χ1v) is 8.16. The molecule has 0 saturated carbocycles. The number of benzene rings is 1. The smallest absolute Gasteiger partial charge is 0.339 e. The van der Waals surface area contributed by atoms with Crippen LogP contribution in [0.3, 0.4) is 0 Å². The Balaban J connectivity index is 2.51. The number of thiophene rings is 1. The predicted molar refractivity (Wildman–Crippen MR) is 94.1 cm³/mol. The third kappa shape index (κ3) is 3.29. The van der Waals surface area contributed by atoms with Gasteiger partial charge in [0.15, 0.2) is 0 Å². The van der Waals surface area contributed by atoms with Crippen LogP contribution in [0.1, 0.15) is 47.1 Å². The second-order valence-electron chi connectivity index (χ2n) is 6.54. The number of nitrogens with zero attached hydrogens (tertiary/aromatic N) is 1. The molecule has 1 amide bonds. The number of anilines is 2. The van der Waals surface area contributed by atoms with Crippen molar-refractivity contribution in [3.05, 3.63) is 45.8 Å². The molecule has 0 aliphatic carbocycles. The highest BCUT2D eigenvalue weighted by Gasteiger charge is 2.24. The van der Waals surface area contributed by atoms with Gasteiger partial charge < -0.3 is 5.11 Å². The highest BCUT2D eigenvalue weighted by Crippen LogP contribution is 2.38. The minimum atomic E-state index is -1.01. The van der Waals surface area contributed by atoms with Crippen molar-refractivity contribution in [1.29, 1.82) is 0 Å². The standard InChI is InChI=1S/C18H21NO3S/c1-11-12(2)23-16(15(11)17(21)22)19(10-20)14-8-6-13(7-9-14)18(3,4)5/h6-10H,1-5H3,(H,21,22). The Bertz CT molecular complexity index is 739. The maximum Gasteiger partial charge on any atom is 0.339 e. The van der Waals surface area contributed by atoms with E-state index < -0.39 is 5.97 Å². The maximum atomic E-state index is 11.6. The van der Waals surface area contributed by atoms with Crippen LogP contribution in [0.25, 0.3) is 0 Å². The van der Waals surface area contributed by atoms with Crippen LogP contribution < -0.4 is 4.90 Å². The zero-order chi connectivity index (χ0) is 17.4. The molecule has 0 spiro atoms. The summed E-state index contributed by atoms with van der Waals surface area (Å²) in [6.07, 6.45) is 0.670. The molecular formula is C18H21NO3S. The quantitative estimate of drug-likeness (QED) is 0.829. The molecule has 0 aliphatic heterocycles. The maximum absolute atomic E-state index is 11.6. The largest absolute Gasteiger partial charge is 0.478 e. The molecule has 1 aromatic heterocycles. The van der Waals surface area contributed by atoms with Gasteiger partial charge in [0.1, 0.15) is 5.00 Å². The number of amides is 1. The summed E-state index contributed by atoms with van der Waals surface area (Å²) in [5.41, 5.74) is 2.74. The van der Waals surface area contributed by atoms with Gasteiger partial charge in [0.25, 0.3) is 0 Å². The van der Waals surface area contributed by atoms with Gasteiger partial charge in [0, 0.05) is 10.6 Å². The van der Waals surface area contributed by atoms with Crippen molar-refractivity contribution in [3.63, 3.8) is 0 Å². The summed E-state index contributed by atoms with van der Waals surface area (Å²) in [5.74, 6) is -1.01. The summed E-state index contributed by atoms with van der Waals surface area (Å²) in [7, 11) is 0. The summed E-state index contributed by atoms with van der Waals surface area (Å²) in [5, 5.41) is 9.92. The lowest BCUT2D eigenvalue weighted by molar-refractivity contribution is -0.106. The van der Waals surface area contributed by atoms with Crippen molar-refractivity contribution in [3.8, 4) is 0 Å². The van der Waals surface area contributed by atoms with Crippen molar-refractivity contribution >= 4 is 34.4 Å².